The Labute approximate surface area is 193 Å². The topological polar surface area (TPSA) is 85.2 Å². The van der Waals surface area contributed by atoms with E-state index in [1.165, 1.54) is 0 Å². The van der Waals surface area contributed by atoms with Gasteiger partial charge in [0.15, 0.2) is 0 Å². The number of hydrogen-bond donors (Lipinski definition) is 2. The van der Waals surface area contributed by atoms with Gasteiger partial charge >= 0.3 is 0 Å². The molecule has 0 bridgehead atoms. The van der Waals surface area contributed by atoms with Gasteiger partial charge in [0, 0.05) is 22.8 Å². The summed E-state index contributed by atoms with van der Waals surface area (Å²) in [6.45, 7) is 0.307. The minimum Gasteiger partial charge on any atom is -0.486 e. The van der Waals surface area contributed by atoms with Crippen LogP contribution in [0, 0.1) is 0 Å². The van der Waals surface area contributed by atoms with Gasteiger partial charge in [-0.1, -0.05) is 28.1 Å². The number of carbonyl (C=O) groups is 2. The van der Waals surface area contributed by atoms with E-state index in [1.54, 1.807) is 31.3 Å². The van der Waals surface area contributed by atoms with Crippen molar-refractivity contribution in [2.75, 3.05) is 12.4 Å². The Morgan fingerprint density at radius 3 is 2.44 bits per heavy atom. The summed E-state index contributed by atoms with van der Waals surface area (Å²) in [7, 11) is 1.57. The first-order valence-corrected chi connectivity index (χ1v) is 10.8. The number of para-hydroxylation sites is 2. The first-order valence-electron chi connectivity index (χ1n) is 9.98. The van der Waals surface area contributed by atoms with Crippen molar-refractivity contribution in [1.29, 1.82) is 0 Å². The number of ether oxygens (including phenoxy) is 1. The molecular weight excluding hydrogens is 472 g/mol. The fraction of sp³-hybridized carbons (Fsp3) is 0.125. The molecule has 0 aliphatic carbocycles. The smallest absolute Gasteiger partial charge is 0.251 e. The Balaban J connectivity index is 1.51. The van der Waals surface area contributed by atoms with Gasteiger partial charge in [0.1, 0.15) is 24.7 Å². The predicted molar refractivity (Wildman–Crippen MR) is 127 cm³/mol. The van der Waals surface area contributed by atoms with Crippen LogP contribution in [0.4, 0.5) is 5.69 Å². The molecule has 2 amide bonds. The van der Waals surface area contributed by atoms with Crippen molar-refractivity contribution in [2.24, 2.45) is 0 Å². The molecule has 2 N–H and O–H groups in total. The standard InChI is InChI=1S/C24H21BrN4O3/c1-26-24(31)16-6-10-18(11-7-16)27-23(30)14-29-21-5-3-2-4-20(21)28-22(29)15-32-19-12-8-17(25)9-13-19/h2-13H,14-15H2,1H3,(H,26,31)(H,27,30). The molecule has 1 aromatic heterocycles. The molecule has 0 unspecified atom stereocenters. The van der Waals surface area contributed by atoms with Gasteiger partial charge in [-0.2, -0.15) is 0 Å². The average molecular weight is 493 g/mol. The van der Waals surface area contributed by atoms with Gasteiger partial charge in [-0.25, -0.2) is 4.98 Å². The Hall–Kier alpha value is -3.65. The quantitative estimate of drug-likeness (QED) is 0.400. The van der Waals surface area contributed by atoms with E-state index in [9.17, 15) is 9.59 Å². The average Bonchev–Trinajstić information content (AvgIpc) is 3.16. The van der Waals surface area contributed by atoms with Crippen molar-refractivity contribution in [3.05, 3.63) is 88.7 Å². The number of halogens is 1. The maximum absolute atomic E-state index is 12.8. The number of nitrogens with one attached hydrogen (secondary N) is 2. The summed E-state index contributed by atoms with van der Waals surface area (Å²) in [6.07, 6.45) is 0. The zero-order valence-corrected chi connectivity index (χ0v) is 18.9. The van der Waals surface area contributed by atoms with Crippen LogP contribution in [-0.4, -0.2) is 28.4 Å². The van der Waals surface area contributed by atoms with Gasteiger partial charge in [0.2, 0.25) is 5.91 Å². The number of benzene rings is 3. The first-order chi connectivity index (χ1) is 15.5. The van der Waals surface area contributed by atoms with Gasteiger partial charge in [0.25, 0.3) is 5.91 Å². The number of hydrogen-bond acceptors (Lipinski definition) is 4. The fourth-order valence-corrected chi connectivity index (χ4v) is 3.55. The molecule has 3 aromatic carbocycles. The van der Waals surface area contributed by atoms with E-state index in [0.29, 0.717) is 22.8 Å². The Bertz CT molecular complexity index is 1250. The largest absolute Gasteiger partial charge is 0.486 e. The number of anilines is 1. The molecule has 4 rings (SSSR count). The molecule has 162 valence electrons. The van der Waals surface area contributed by atoms with E-state index >= 15 is 0 Å². The van der Waals surface area contributed by atoms with E-state index < -0.39 is 0 Å². The van der Waals surface area contributed by atoms with Gasteiger partial charge in [-0.3, -0.25) is 9.59 Å². The third-order valence-electron chi connectivity index (χ3n) is 4.87. The molecule has 1 heterocycles. The van der Waals surface area contributed by atoms with Crippen molar-refractivity contribution in [3.8, 4) is 5.75 Å². The molecule has 0 aliphatic heterocycles. The maximum atomic E-state index is 12.8. The Morgan fingerprint density at radius 2 is 1.72 bits per heavy atom. The zero-order chi connectivity index (χ0) is 22.5. The molecule has 0 radical (unpaired) electrons. The number of carbonyl (C=O) groups excluding carboxylic acids is 2. The molecule has 32 heavy (non-hydrogen) atoms. The van der Waals surface area contributed by atoms with Gasteiger partial charge in [0.05, 0.1) is 11.0 Å². The van der Waals surface area contributed by atoms with Crippen LogP contribution in [0.3, 0.4) is 0 Å². The van der Waals surface area contributed by atoms with Crippen molar-refractivity contribution < 1.29 is 14.3 Å². The highest BCUT2D eigenvalue weighted by Gasteiger charge is 2.15. The molecule has 0 spiro atoms. The monoisotopic (exact) mass is 492 g/mol. The number of imidazole rings is 1. The van der Waals surface area contributed by atoms with Crippen molar-refractivity contribution in [2.45, 2.75) is 13.2 Å². The minimum absolute atomic E-state index is 0.0801. The summed E-state index contributed by atoms with van der Waals surface area (Å²) in [5.74, 6) is 0.987. The van der Waals surface area contributed by atoms with Crippen LogP contribution in [0.25, 0.3) is 11.0 Å². The van der Waals surface area contributed by atoms with Crippen LogP contribution < -0.4 is 15.4 Å². The lowest BCUT2D eigenvalue weighted by Gasteiger charge is -2.11. The number of fused-ring (bicyclic) bond motifs is 1. The molecule has 8 heteroatoms. The molecule has 0 saturated carbocycles. The molecule has 7 nitrogen and oxygen atoms in total. The van der Waals surface area contributed by atoms with Crippen molar-refractivity contribution in [3.63, 3.8) is 0 Å². The zero-order valence-electron chi connectivity index (χ0n) is 17.3. The lowest BCUT2D eigenvalue weighted by molar-refractivity contribution is -0.116. The second-order valence-corrected chi connectivity index (χ2v) is 7.97. The fourth-order valence-electron chi connectivity index (χ4n) is 3.28. The molecule has 0 fully saturated rings. The second-order valence-electron chi connectivity index (χ2n) is 7.05. The molecule has 0 aliphatic rings. The predicted octanol–water partition coefficient (Wildman–Crippen LogP) is 4.38. The lowest BCUT2D eigenvalue weighted by atomic mass is 10.2. The first kappa shape index (κ1) is 21.6. The van der Waals surface area contributed by atoms with E-state index in [1.807, 2.05) is 53.1 Å². The number of aromatic nitrogens is 2. The van der Waals surface area contributed by atoms with E-state index in [-0.39, 0.29) is 25.0 Å². The van der Waals surface area contributed by atoms with E-state index in [0.717, 1.165) is 15.5 Å². The number of rotatable bonds is 7. The van der Waals surface area contributed by atoms with Crippen molar-refractivity contribution >= 4 is 44.5 Å². The molecular formula is C24H21BrN4O3. The third kappa shape index (κ3) is 4.97. The molecule has 0 atom stereocenters. The molecule has 4 aromatic rings. The maximum Gasteiger partial charge on any atom is 0.251 e. The van der Waals surface area contributed by atoms with Crippen LogP contribution in [0.2, 0.25) is 0 Å². The number of amides is 2. The summed E-state index contributed by atoms with van der Waals surface area (Å²) in [5.41, 5.74) is 2.79. The van der Waals surface area contributed by atoms with Gasteiger partial charge in [-0.15, -0.1) is 0 Å². The summed E-state index contributed by atoms with van der Waals surface area (Å²) < 4.78 is 8.71. The minimum atomic E-state index is -0.203. The van der Waals surface area contributed by atoms with Crippen molar-refractivity contribution in [1.82, 2.24) is 14.9 Å². The summed E-state index contributed by atoms with van der Waals surface area (Å²) in [6, 6.07) is 21.9. The Morgan fingerprint density at radius 1 is 1.00 bits per heavy atom. The lowest BCUT2D eigenvalue weighted by Crippen LogP contribution is -2.21. The summed E-state index contributed by atoms with van der Waals surface area (Å²) in [5, 5.41) is 5.44. The van der Waals surface area contributed by atoms with Crippen LogP contribution in [0.1, 0.15) is 16.2 Å². The van der Waals surface area contributed by atoms with Gasteiger partial charge in [-0.05, 0) is 60.7 Å². The van der Waals surface area contributed by atoms with Crippen LogP contribution in [0.5, 0.6) is 5.75 Å². The second kappa shape index (κ2) is 9.65. The van der Waals surface area contributed by atoms with Gasteiger partial charge < -0.3 is 19.9 Å². The molecule has 0 saturated heterocycles. The third-order valence-corrected chi connectivity index (χ3v) is 5.40. The van der Waals surface area contributed by atoms with Crippen LogP contribution >= 0.6 is 15.9 Å². The summed E-state index contributed by atoms with van der Waals surface area (Å²) in [4.78, 5) is 29.1. The van der Waals surface area contributed by atoms with Crippen LogP contribution in [0.15, 0.2) is 77.3 Å². The number of nitrogens with zero attached hydrogens (tertiary/aromatic N) is 2. The highest BCUT2D eigenvalue weighted by Crippen LogP contribution is 2.20. The van der Waals surface area contributed by atoms with E-state index in [2.05, 4.69) is 31.5 Å². The summed E-state index contributed by atoms with van der Waals surface area (Å²) >= 11 is 3.41. The highest BCUT2D eigenvalue weighted by molar-refractivity contribution is 9.10. The Kier molecular flexibility index (Phi) is 6.51. The van der Waals surface area contributed by atoms with E-state index in [4.69, 9.17) is 4.74 Å². The highest BCUT2D eigenvalue weighted by atomic mass is 79.9. The SMILES string of the molecule is CNC(=O)c1ccc(NC(=O)Cn2c(COc3ccc(Br)cc3)nc3ccccc32)cc1. The van der Waals surface area contributed by atoms with Crippen LogP contribution in [-0.2, 0) is 17.9 Å². The normalized spacial score (nSPS) is 10.7.